The van der Waals surface area contributed by atoms with Crippen LogP contribution in [0.1, 0.15) is 6.92 Å². The zero-order valence-corrected chi connectivity index (χ0v) is 11.8. The largest absolute Gasteiger partial charge is 0.396 e. The van der Waals surface area contributed by atoms with Gasteiger partial charge in [-0.15, -0.1) is 0 Å². The number of hydrogen-bond acceptors (Lipinski definition) is 5. The van der Waals surface area contributed by atoms with Crippen molar-refractivity contribution in [2.24, 2.45) is 0 Å². The van der Waals surface area contributed by atoms with Gasteiger partial charge in [-0.3, -0.25) is 0 Å². The summed E-state index contributed by atoms with van der Waals surface area (Å²) in [7, 11) is 3.33. The summed E-state index contributed by atoms with van der Waals surface area (Å²) in [5.41, 5.74) is 6.51. The van der Waals surface area contributed by atoms with Crippen LogP contribution in [0.4, 0.5) is 11.5 Å². The molecule has 0 fully saturated rings. The van der Waals surface area contributed by atoms with Crippen LogP contribution >= 0.6 is 11.6 Å². The predicted octanol–water partition coefficient (Wildman–Crippen LogP) is 1.80. The molecule has 1 aromatic rings. The topological polar surface area (TPSA) is 60.6 Å². The standard InChI is InChI=1S/C12H20ClN3O2/c1-9(8-18-3)16(4-5-17-2)12-11(14)6-10(13)7-15-12/h6-7,9H,4-5,8,14H2,1-3H3. The Balaban J connectivity index is 2.93. The van der Waals surface area contributed by atoms with Crippen molar-refractivity contribution in [3.63, 3.8) is 0 Å². The fourth-order valence-corrected chi connectivity index (χ4v) is 1.91. The predicted molar refractivity (Wildman–Crippen MR) is 74.2 cm³/mol. The number of halogens is 1. The molecule has 102 valence electrons. The molecule has 0 aliphatic rings. The second-order valence-corrected chi connectivity index (χ2v) is 4.49. The van der Waals surface area contributed by atoms with Crippen LogP contribution in [0.25, 0.3) is 0 Å². The molecule has 0 aliphatic carbocycles. The number of aromatic nitrogens is 1. The Hall–Kier alpha value is -1.04. The van der Waals surface area contributed by atoms with Crippen molar-refractivity contribution in [3.05, 3.63) is 17.3 Å². The van der Waals surface area contributed by atoms with Gasteiger partial charge < -0.3 is 20.1 Å². The van der Waals surface area contributed by atoms with Gasteiger partial charge in [-0.25, -0.2) is 4.98 Å². The van der Waals surface area contributed by atoms with E-state index in [1.54, 1.807) is 26.5 Å². The lowest BCUT2D eigenvalue weighted by Crippen LogP contribution is -2.39. The van der Waals surface area contributed by atoms with Crippen LogP contribution in [0.5, 0.6) is 0 Å². The molecular formula is C12H20ClN3O2. The van der Waals surface area contributed by atoms with E-state index in [-0.39, 0.29) is 6.04 Å². The van der Waals surface area contributed by atoms with E-state index in [0.717, 1.165) is 0 Å². The van der Waals surface area contributed by atoms with Crippen LogP contribution < -0.4 is 10.6 Å². The third-order valence-electron chi connectivity index (χ3n) is 2.61. The highest BCUT2D eigenvalue weighted by molar-refractivity contribution is 6.30. The normalized spacial score (nSPS) is 12.4. The Kier molecular flexibility index (Phi) is 6.18. The van der Waals surface area contributed by atoms with Crippen LogP contribution in [-0.2, 0) is 9.47 Å². The highest BCUT2D eigenvalue weighted by atomic mass is 35.5. The molecule has 1 heterocycles. The SMILES string of the molecule is COCCN(c1ncc(Cl)cc1N)C(C)COC. The van der Waals surface area contributed by atoms with Crippen molar-refractivity contribution in [3.8, 4) is 0 Å². The molecule has 1 rings (SSSR count). The van der Waals surface area contributed by atoms with Crippen LogP contribution in [0.3, 0.4) is 0 Å². The van der Waals surface area contributed by atoms with E-state index in [2.05, 4.69) is 16.8 Å². The Morgan fingerprint density at radius 3 is 2.72 bits per heavy atom. The van der Waals surface area contributed by atoms with Gasteiger partial charge in [0.15, 0.2) is 5.82 Å². The summed E-state index contributed by atoms with van der Waals surface area (Å²) in [5, 5.41) is 0.530. The molecule has 5 nitrogen and oxygen atoms in total. The first-order chi connectivity index (χ1) is 8.60. The van der Waals surface area contributed by atoms with Gasteiger partial charge in [-0.05, 0) is 13.0 Å². The average molecular weight is 274 g/mol. The number of ether oxygens (including phenoxy) is 2. The molecule has 0 aliphatic heterocycles. The zero-order chi connectivity index (χ0) is 13.5. The molecule has 0 saturated heterocycles. The van der Waals surface area contributed by atoms with Crippen LogP contribution in [0.2, 0.25) is 5.02 Å². The van der Waals surface area contributed by atoms with E-state index in [9.17, 15) is 0 Å². The molecule has 1 aromatic heterocycles. The first-order valence-corrected chi connectivity index (χ1v) is 6.13. The summed E-state index contributed by atoms with van der Waals surface area (Å²) < 4.78 is 10.3. The maximum absolute atomic E-state index is 5.96. The number of nitrogens with zero attached hydrogens (tertiary/aromatic N) is 2. The highest BCUT2D eigenvalue weighted by Gasteiger charge is 2.18. The molecule has 18 heavy (non-hydrogen) atoms. The van der Waals surface area contributed by atoms with Gasteiger partial charge >= 0.3 is 0 Å². The first kappa shape index (κ1) is 15.0. The van der Waals surface area contributed by atoms with Crippen molar-refractivity contribution in [1.29, 1.82) is 0 Å². The molecule has 6 heteroatoms. The molecule has 0 bridgehead atoms. The lowest BCUT2D eigenvalue weighted by molar-refractivity contribution is 0.170. The summed E-state index contributed by atoms with van der Waals surface area (Å²) >= 11 is 5.86. The second kappa shape index (κ2) is 7.41. The van der Waals surface area contributed by atoms with Crippen LogP contribution in [0.15, 0.2) is 12.3 Å². The van der Waals surface area contributed by atoms with Gasteiger partial charge in [0.05, 0.1) is 30.0 Å². The molecule has 0 spiro atoms. The number of hydrogen-bond donors (Lipinski definition) is 1. The quantitative estimate of drug-likeness (QED) is 0.821. The first-order valence-electron chi connectivity index (χ1n) is 5.75. The lowest BCUT2D eigenvalue weighted by atomic mass is 10.2. The van der Waals surface area contributed by atoms with E-state index < -0.39 is 0 Å². The summed E-state index contributed by atoms with van der Waals surface area (Å²) in [4.78, 5) is 6.35. The van der Waals surface area contributed by atoms with Gasteiger partial charge in [-0.1, -0.05) is 11.6 Å². The van der Waals surface area contributed by atoms with E-state index in [1.165, 1.54) is 0 Å². The van der Waals surface area contributed by atoms with Gasteiger partial charge in [-0.2, -0.15) is 0 Å². The van der Waals surface area contributed by atoms with Crippen molar-refractivity contribution in [2.75, 3.05) is 44.6 Å². The van der Waals surface area contributed by atoms with Crippen molar-refractivity contribution in [2.45, 2.75) is 13.0 Å². The Morgan fingerprint density at radius 2 is 2.17 bits per heavy atom. The average Bonchev–Trinajstić information content (AvgIpc) is 2.32. The van der Waals surface area contributed by atoms with Gasteiger partial charge in [0, 0.05) is 27.0 Å². The Bertz CT molecular complexity index is 376. The van der Waals surface area contributed by atoms with E-state index >= 15 is 0 Å². The fourth-order valence-electron chi connectivity index (χ4n) is 1.74. The van der Waals surface area contributed by atoms with Crippen LogP contribution in [0, 0.1) is 0 Å². The van der Waals surface area contributed by atoms with Crippen LogP contribution in [-0.4, -0.2) is 45.0 Å². The molecular weight excluding hydrogens is 254 g/mol. The monoisotopic (exact) mass is 273 g/mol. The smallest absolute Gasteiger partial charge is 0.152 e. The van der Waals surface area contributed by atoms with Gasteiger partial charge in [0.25, 0.3) is 0 Å². The minimum atomic E-state index is 0.154. The summed E-state index contributed by atoms with van der Waals surface area (Å²) in [6.45, 7) is 3.93. The lowest BCUT2D eigenvalue weighted by Gasteiger charge is -2.30. The van der Waals surface area contributed by atoms with Crippen molar-refractivity contribution >= 4 is 23.1 Å². The van der Waals surface area contributed by atoms with Crippen molar-refractivity contribution < 1.29 is 9.47 Å². The third-order valence-corrected chi connectivity index (χ3v) is 2.82. The number of anilines is 2. The van der Waals surface area contributed by atoms with Gasteiger partial charge in [0.2, 0.25) is 0 Å². The second-order valence-electron chi connectivity index (χ2n) is 4.06. The van der Waals surface area contributed by atoms with Gasteiger partial charge in [0.1, 0.15) is 0 Å². The van der Waals surface area contributed by atoms with E-state index in [4.69, 9.17) is 26.8 Å². The molecule has 0 radical (unpaired) electrons. The maximum atomic E-state index is 5.96. The molecule has 2 N–H and O–H groups in total. The number of nitrogen functional groups attached to an aromatic ring is 1. The number of methoxy groups -OCH3 is 2. The van der Waals surface area contributed by atoms with E-state index in [1.807, 2.05) is 0 Å². The molecule has 0 amide bonds. The molecule has 0 saturated carbocycles. The minimum Gasteiger partial charge on any atom is -0.396 e. The van der Waals surface area contributed by atoms with E-state index in [0.29, 0.717) is 36.3 Å². The summed E-state index contributed by atoms with van der Waals surface area (Å²) in [5.74, 6) is 0.709. The molecule has 1 atom stereocenters. The zero-order valence-electron chi connectivity index (χ0n) is 11.0. The minimum absolute atomic E-state index is 0.154. The van der Waals surface area contributed by atoms with Crippen molar-refractivity contribution in [1.82, 2.24) is 4.98 Å². The summed E-state index contributed by atoms with van der Waals surface area (Å²) in [6, 6.07) is 1.85. The number of rotatable bonds is 7. The highest BCUT2D eigenvalue weighted by Crippen LogP contribution is 2.24. The Morgan fingerprint density at radius 1 is 1.44 bits per heavy atom. The maximum Gasteiger partial charge on any atom is 0.152 e. The number of nitrogens with two attached hydrogens (primary N) is 1. The summed E-state index contributed by atoms with van der Waals surface area (Å²) in [6.07, 6.45) is 1.59. The fraction of sp³-hybridized carbons (Fsp3) is 0.583. The third kappa shape index (κ3) is 4.01. The molecule has 1 unspecified atom stereocenters. The number of pyridine rings is 1. The Labute approximate surface area is 113 Å². The molecule has 0 aromatic carbocycles.